The first-order valence-electron chi connectivity index (χ1n) is 10.6. The van der Waals surface area contributed by atoms with Crippen molar-refractivity contribution in [2.24, 2.45) is 4.99 Å². The van der Waals surface area contributed by atoms with Crippen LogP contribution in [0.25, 0.3) is 0 Å². The van der Waals surface area contributed by atoms with E-state index in [9.17, 15) is 9.59 Å². The van der Waals surface area contributed by atoms with Gasteiger partial charge in [0.05, 0.1) is 0 Å². The third-order valence-electron chi connectivity index (χ3n) is 5.39. The highest BCUT2D eigenvalue weighted by molar-refractivity contribution is 14.0. The van der Waals surface area contributed by atoms with Gasteiger partial charge >= 0.3 is 0 Å². The summed E-state index contributed by atoms with van der Waals surface area (Å²) in [6.07, 6.45) is 1.60. The Morgan fingerprint density at radius 3 is 2.28 bits per heavy atom. The van der Waals surface area contributed by atoms with Crippen LogP contribution in [0.3, 0.4) is 0 Å². The number of carbonyl (C=O) groups is 2. The Morgan fingerprint density at radius 2 is 1.69 bits per heavy atom. The van der Waals surface area contributed by atoms with Crippen LogP contribution >= 0.6 is 24.0 Å². The summed E-state index contributed by atoms with van der Waals surface area (Å²) in [6, 6.07) is 15.7. The van der Waals surface area contributed by atoms with Crippen LogP contribution < -0.4 is 10.6 Å². The SMILES string of the molecule is CN=C(NCc1ccc(C(=O)N(C)C)cc1)NCc1ccccc1CN1CCCC1=O.I. The van der Waals surface area contributed by atoms with E-state index < -0.39 is 0 Å². The average Bonchev–Trinajstić information content (AvgIpc) is 3.19. The van der Waals surface area contributed by atoms with E-state index >= 15 is 0 Å². The molecule has 2 N–H and O–H groups in total. The Hall–Kier alpha value is -2.62. The van der Waals surface area contributed by atoms with Crippen molar-refractivity contribution in [2.75, 3.05) is 27.7 Å². The number of benzene rings is 2. The number of nitrogens with one attached hydrogen (secondary N) is 2. The summed E-state index contributed by atoms with van der Waals surface area (Å²) in [5, 5.41) is 6.66. The molecule has 8 heteroatoms. The maximum Gasteiger partial charge on any atom is 0.253 e. The minimum atomic E-state index is -0.00807. The van der Waals surface area contributed by atoms with Gasteiger partial charge in [-0.2, -0.15) is 0 Å². The summed E-state index contributed by atoms with van der Waals surface area (Å²) in [6.45, 7) is 2.71. The molecule has 1 saturated heterocycles. The van der Waals surface area contributed by atoms with Crippen molar-refractivity contribution in [1.29, 1.82) is 0 Å². The summed E-state index contributed by atoms with van der Waals surface area (Å²) in [5.74, 6) is 0.922. The fraction of sp³-hybridized carbons (Fsp3) is 0.375. The van der Waals surface area contributed by atoms with Gasteiger partial charge in [-0.15, -0.1) is 24.0 Å². The summed E-state index contributed by atoms with van der Waals surface area (Å²) >= 11 is 0. The number of halogens is 1. The lowest BCUT2D eigenvalue weighted by atomic mass is 10.1. The molecule has 1 aliphatic heterocycles. The minimum absolute atomic E-state index is 0. The number of guanidine groups is 1. The van der Waals surface area contributed by atoms with Gasteiger partial charge < -0.3 is 20.4 Å². The molecule has 0 aliphatic carbocycles. The van der Waals surface area contributed by atoms with Crippen molar-refractivity contribution in [1.82, 2.24) is 20.4 Å². The molecule has 1 heterocycles. The van der Waals surface area contributed by atoms with Gasteiger partial charge in [-0.25, -0.2) is 0 Å². The van der Waals surface area contributed by atoms with Gasteiger partial charge in [0.15, 0.2) is 5.96 Å². The Kier molecular flexibility index (Phi) is 9.96. The van der Waals surface area contributed by atoms with Gasteiger partial charge in [0.25, 0.3) is 5.91 Å². The van der Waals surface area contributed by atoms with E-state index in [1.54, 1.807) is 26.0 Å². The first-order chi connectivity index (χ1) is 15.0. The average molecular weight is 549 g/mol. The fourth-order valence-electron chi connectivity index (χ4n) is 3.57. The first-order valence-corrected chi connectivity index (χ1v) is 10.6. The van der Waals surface area contributed by atoms with Crippen LogP contribution in [-0.2, 0) is 24.4 Å². The van der Waals surface area contributed by atoms with Crippen molar-refractivity contribution in [3.05, 3.63) is 70.8 Å². The molecule has 0 bridgehead atoms. The molecule has 172 valence electrons. The molecule has 1 aliphatic rings. The van der Waals surface area contributed by atoms with Crippen LogP contribution in [0.2, 0.25) is 0 Å². The van der Waals surface area contributed by atoms with Crippen LogP contribution in [0.15, 0.2) is 53.5 Å². The molecule has 32 heavy (non-hydrogen) atoms. The first kappa shape index (κ1) is 25.6. The molecule has 3 rings (SSSR count). The molecule has 0 atom stereocenters. The van der Waals surface area contributed by atoms with Crippen molar-refractivity contribution < 1.29 is 9.59 Å². The predicted octanol–water partition coefficient (Wildman–Crippen LogP) is 2.99. The van der Waals surface area contributed by atoms with Crippen molar-refractivity contribution in [3.63, 3.8) is 0 Å². The Labute approximate surface area is 207 Å². The van der Waals surface area contributed by atoms with Gasteiger partial charge in [-0.3, -0.25) is 14.6 Å². The number of hydrogen-bond donors (Lipinski definition) is 2. The topological polar surface area (TPSA) is 77.0 Å². The highest BCUT2D eigenvalue weighted by Gasteiger charge is 2.20. The highest BCUT2D eigenvalue weighted by Crippen LogP contribution is 2.17. The second kappa shape index (κ2) is 12.4. The molecule has 2 aromatic rings. The maximum absolute atomic E-state index is 12.0. The lowest BCUT2D eigenvalue weighted by molar-refractivity contribution is -0.128. The zero-order valence-corrected chi connectivity index (χ0v) is 21.3. The molecule has 0 saturated carbocycles. The second-order valence-corrected chi connectivity index (χ2v) is 7.86. The number of likely N-dealkylation sites (tertiary alicyclic amines) is 1. The van der Waals surface area contributed by atoms with E-state index in [-0.39, 0.29) is 35.8 Å². The number of aliphatic imine (C=N–C) groups is 1. The Bertz CT molecular complexity index is 944. The predicted molar refractivity (Wildman–Crippen MR) is 138 cm³/mol. The summed E-state index contributed by atoms with van der Waals surface area (Å²) in [5.41, 5.74) is 4.04. The number of hydrogen-bond acceptors (Lipinski definition) is 3. The molecule has 0 radical (unpaired) electrons. The van der Waals surface area contributed by atoms with Crippen molar-refractivity contribution >= 4 is 41.8 Å². The second-order valence-electron chi connectivity index (χ2n) is 7.86. The lowest BCUT2D eigenvalue weighted by Gasteiger charge is -2.19. The van der Waals surface area contributed by atoms with E-state index in [4.69, 9.17) is 0 Å². The molecule has 0 aromatic heterocycles. The Morgan fingerprint density at radius 1 is 1.03 bits per heavy atom. The summed E-state index contributed by atoms with van der Waals surface area (Å²) < 4.78 is 0. The molecule has 2 amide bonds. The molecule has 0 unspecified atom stereocenters. The third-order valence-corrected chi connectivity index (χ3v) is 5.39. The fourth-order valence-corrected chi connectivity index (χ4v) is 3.57. The smallest absolute Gasteiger partial charge is 0.253 e. The minimum Gasteiger partial charge on any atom is -0.352 e. The van der Waals surface area contributed by atoms with Gasteiger partial charge in [-0.1, -0.05) is 36.4 Å². The van der Waals surface area contributed by atoms with Crippen LogP contribution in [0.1, 0.15) is 39.9 Å². The van der Waals surface area contributed by atoms with Crippen molar-refractivity contribution in [2.45, 2.75) is 32.5 Å². The van der Waals surface area contributed by atoms with Crippen LogP contribution in [0.4, 0.5) is 0 Å². The quantitative estimate of drug-likeness (QED) is 0.317. The number of rotatable bonds is 7. The largest absolute Gasteiger partial charge is 0.352 e. The van der Waals surface area contributed by atoms with Crippen LogP contribution in [0.5, 0.6) is 0 Å². The zero-order valence-electron chi connectivity index (χ0n) is 18.9. The normalized spacial score (nSPS) is 13.5. The van der Waals surface area contributed by atoms with Crippen LogP contribution in [0, 0.1) is 0 Å². The van der Waals surface area contributed by atoms with E-state index in [2.05, 4.69) is 27.8 Å². The monoisotopic (exact) mass is 549 g/mol. The van der Waals surface area contributed by atoms with Gasteiger partial charge in [0.2, 0.25) is 5.91 Å². The molecule has 0 spiro atoms. The van der Waals surface area contributed by atoms with Gasteiger partial charge in [0.1, 0.15) is 0 Å². The van der Waals surface area contributed by atoms with Crippen molar-refractivity contribution in [3.8, 4) is 0 Å². The molecule has 7 nitrogen and oxygen atoms in total. The number of nitrogens with zero attached hydrogens (tertiary/aromatic N) is 3. The van der Waals surface area contributed by atoms with E-state index in [1.165, 1.54) is 0 Å². The summed E-state index contributed by atoms with van der Waals surface area (Å²) in [4.78, 5) is 31.8. The van der Waals surface area contributed by atoms with E-state index in [0.717, 1.165) is 29.7 Å². The van der Waals surface area contributed by atoms with Gasteiger partial charge in [0, 0.05) is 59.3 Å². The Balaban J connectivity index is 0.00000363. The third kappa shape index (κ3) is 6.94. The molecule has 1 fully saturated rings. The van der Waals surface area contributed by atoms with E-state index in [1.807, 2.05) is 41.3 Å². The van der Waals surface area contributed by atoms with E-state index in [0.29, 0.717) is 37.6 Å². The molecular weight excluding hydrogens is 517 g/mol. The maximum atomic E-state index is 12.0. The summed E-state index contributed by atoms with van der Waals surface area (Å²) in [7, 11) is 5.23. The molecular formula is C24H32IN5O2. The molecule has 2 aromatic carbocycles. The highest BCUT2D eigenvalue weighted by atomic mass is 127. The number of carbonyl (C=O) groups excluding carboxylic acids is 2. The lowest BCUT2D eigenvalue weighted by Crippen LogP contribution is -2.36. The number of amides is 2. The van der Waals surface area contributed by atoms with Gasteiger partial charge in [-0.05, 0) is 35.2 Å². The zero-order chi connectivity index (χ0) is 22.2. The standard InChI is InChI=1S/C24H31N5O2.HI/c1-25-24(26-15-18-10-12-19(13-11-18)23(31)28(2)3)27-16-20-7-4-5-8-21(20)17-29-14-6-9-22(29)30;/h4-5,7-8,10-13H,6,9,14-17H2,1-3H3,(H2,25,26,27);1H. The van der Waals surface area contributed by atoms with Crippen LogP contribution in [-0.4, -0.2) is 55.3 Å².